The molecule has 3 heteroatoms. The van der Waals surface area contributed by atoms with Gasteiger partial charge in [-0.2, -0.15) is 0 Å². The normalized spacial score (nSPS) is 11.5. The van der Waals surface area contributed by atoms with E-state index < -0.39 is 0 Å². The molecule has 0 unspecified atom stereocenters. The molecule has 1 rings (SSSR count). The maximum atomic E-state index is 4.22. The van der Waals surface area contributed by atoms with Crippen molar-refractivity contribution < 1.29 is 0 Å². The van der Waals surface area contributed by atoms with Crippen LogP contribution in [0.5, 0.6) is 0 Å². The summed E-state index contributed by atoms with van der Waals surface area (Å²) in [5.41, 5.74) is 4.05. The van der Waals surface area contributed by atoms with E-state index in [1.165, 1.54) is 29.5 Å². The third-order valence-corrected chi connectivity index (χ3v) is 3.03. The predicted molar refractivity (Wildman–Crippen MR) is 83.9 cm³/mol. The Morgan fingerprint density at radius 3 is 2.26 bits per heavy atom. The summed E-state index contributed by atoms with van der Waals surface area (Å²) >= 11 is 0. The highest BCUT2D eigenvalue weighted by Crippen LogP contribution is 2.08. The van der Waals surface area contributed by atoms with E-state index in [2.05, 4.69) is 54.6 Å². The minimum absolute atomic E-state index is 0.901. The molecule has 0 bridgehead atoms. The van der Waals surface area contributed by atoms with Gasteiger partial charge in [0, 0.05) is 20.1 Å². The average Bonchev–Trinajstić information content (AvgIpc) is 2.36. The maximum absolute atomic E-state index is 4.22. The van der Waals surface area contributed by atoms with Crippen molar-refractivity contribution in [2.75, 3.05) is 20.1 Å². The van der Waals surface area contributed by atoms with E-state index in [4.69, 9.17) is 0 Å². The fourth-order valence-electron chi connectivity index (χ4n) is 2.14. The van der Waals surface area contributed by atoms with Gasteiger partial charge in [0.15, 0.2) is 5.96 Å². The molecule has 0 radical (unpaired) electrons. The van der Waals surface area contributed by atoms with Crippen molar-refractivity contribution in [3.05, 3.63) is 34.9 Å². The Balaban J connectivity index is 2.35. The number of aliphatic imine (C=N–C) groups is 1. The average molecular weight is 261 g/mol. The molecular formula is C16H27N3. The van der Waals surface area contributed by atoms with Gasteiger partial charge in [0.25, 0.3) is 0 Å². The minimum Gasteiger partial charge on any atom is -0.356 e. The molecular weight excluding hydrogens is 234 g/mol. The maximum Gasteiger partial charge on any atom is 0.190 e. The van der Waals surface area contributed by atoms with Crippen LogP contribution < -0.4 is 10.6 Å². The summed E-state index contributed by atoms with van der Waals surface area (Å²) in [6.07, 6.45) is 3.40. The third kappa shape index (κ3) is 6.27. The second-order valence-electron chi connectivity index (χ2n) is 5.03. The molecule has 1 aromatic rings. The molecule has 0 saturated heterocycles. The van der Waals surface area contributed by atoms with Crippen LogP contribution >= 0.6 is 0 Å². The zero-order valence-corrected chi connectivity index (χ0v) is 12.7. The second kappa shape index (κ2) is 8.57. The Labute approximate surface area is 117 Å². The lowest BCUT2D eigenvalue weighted by Gasteiger charge is -2.12. The Morgan fingerprint density at radius 2 is 1.68 bits per heavy atom. The smallest absolute Gasteiger partial charge is 0.190 e. The molecule has 0 aliphatic heterocycles. The number of nitrogens with zero attached hydrogens (tertiary/aromatic N) is 1. The van der Waals surface area contributed by atoms with Crippen LogP contribution in [0.2, 0.25) is 0 Å². The van der Waals surface area contributed by atoms with Gasteiger partial charge >= 0.3 is 0 Å². The monoisotopic (exact) mass is 261 g/mol. The van der Waals surface area contributed by atoms with E-state index >= 15 is 0 Å². The minimum atomic E-state index is 0.901. The number of unbranched alkanes of at least 4 members (excludes halogenated alkanes) is 1. The van der Waals surface area contributed by atoms with Crippen LogP contribution in [0.25, 0.3) is 0 Å². The first-order valence-corrected chi connectivity index (χ1v) is 7.17. The van der Waals surface area contributed by atoms with Crippen molar-refractivity contribution in [1.29, 1.82) is 0 Å². The van der Waals surface area contributed by atoms with Crippen LogP contribution in [0.3, 0.4) is 0 Å². The third-order valence-electron chi connectivity index (χ3n) is 3.03. The van der Waals surface area contributed by atoms with Gasteiger partial charge in [-0.3, -0.25) is 4.99 Å². The van der Waals surface area contributed by atoms with Crippen molar-refractivity contribution >= 4 is 5.96 Å². The summed E-state index contributed by atoms with van der Waals surface area (Å²) in [7, 11) is 1.82. The summed E-state index contributed by atoms with van der Waals surface area (Å²) < 4.78 is 0. The molecule has 0 amide bonds. The standard InChI is InChI=1S/C16H27N3/c1-5-6-8-18-16(17-4)19-9-7-15-11-13(2)10-14(3)12-15/h10-12H,5-9H2,1-4H3,(H2,17,18,19). The molecule has 0 spiro atoms. The van der Waals surface area contributed by atoms with Gasteiger partial charge in [-0.1, -0.05) is 42.7 Å². The fourth-order valence-corrected chi connectivity index (χ4v) is 2.14. The van der Waals surface area contributed by atoms with Crippen molar-refractivity contribution in [3.63, 3.8) is 0 Å². The van der Waals surface area contributed by atoms with E-state index in [0.717, 1.165) is 25.5 Å². The van der Waals surface area contributed by atoms with Crippen molar-refractivity contribution in [2.24, 2.45) is 4.99 Å². The van der Waals surface area contributed by atoms with Crippen LogP contribution in [-0.4, -0.2) is 26.1 Å². The molecule has 2 N–H and O–H groups in total. The highest BCUT2D eigenvalue weighted by Gasteiger charge is 1.99. The van der Waals surface area contributed by atoms with E-state index in [-0.39, 0.29) is 0 Å². The summed E-state index contributed by atoms with van der Waals surface area (Å²) in [6.45, 7) is 8.39. The Hall–Kier alpha value is -1.51. The molecule has 106 valence electrons. The van der Waals surface area contributed by atoms with Gasteiger partial charge in [0.1, 0.15) is 0 Å². The lowest BCUT2D eigenvalue weighted by Crippen LogP contribution is -2.38. The van der Waals surface area contributed by atoms with E-state index in [1.807, 2.05) is 7.05 Å². The Bertz CT molecular complexity index is 390. The molecule has 0 aliphatic rings. The molecule has 0 aromatic heterocycles. The summed E-state index contributed by atoms with van der Waals surface area (Å²) in [4.78, 5) is 4.22. The van der Waals surface area contributed by atoms with Crippen LogP contribution in [0.15, 0.2) is 23.2 Å². The molecule has 0 aliphatic carbocycles. The van der Waals surface area contributed by atoms with Gasteiger partial charge in [0.2, 0.25) is 0 Å². The fraction of sp³-hybridized carbons (Fsp3) is 0.562. The summed E-state index contributed by atoms with van der Waals surface area (Å²) in [6, 6.07) is 6.71. The predicted octanol–water partition coefficient (Wildman–Crippen LogP) is 2.81. The zero-order chi connectivity index (χ0) is 14.1. The number of nitrogens with one attached hydrogen (secondary N) is 2. The number of aryl methyl sites for hydroxylation is 2. The summed E-state index contributed by atoms with van der Waals surface area (Å²) in [5, 5.41) is 6.67. The molecule has 3 nitrogen and oxygen atoms in total. The number of rotatable bonds is 6. The van der Waals surface area contributed by atoms with Crippen LogP contribution in [0.1, 0.15) is 36.5 Å². The van der Waals surface area contributed by atoms with Gasteiger partial charge in [-0.15, -0.1) is 0 Å². The van der Waals surface area contributed by atoms with Crippen molar-refractivity contribution in [3.8, 4) is 0 Å². The number of hydrogen-bond donors (Lipinski definition) is 2. The highest BCUT2D eigenvalue weighted by molar-refractivity contribution is 5.79. The number of hydrogen-bond acceptors (Lipinski definition) is 1. The molecule has 0 fully saturated rings. The van der Waals surface area contributed by atoms with Gasteiger partial charge < -0.3 is 10.6 Å². The van der Waals surface area contributed by atoms with Crippen LogP contribution in [-0.2, 0) is 6.42 Å². The van der Waals surface area contributed by atoms with Gasteiger partial charge in [-0.05, 0) is 32.3 Å². The SMILES string of the molecule is CCCCNC(=NC)NCCc1cc(C)cc(C)c1. The van der Waals surface area contributed by atoms with Crippen molar-refractivity contribution in [1.82, 2.24) is 10.6 Å². The quantitative estimate of drug-likeness (QED) is 0.469. The zero-order valence-electron chi connectivity index (χ0n) is 12.7. The van der Waals surface area contributed by atoms with Crippen LogP contribution in [0, 0.1) is 13.8 Å². The van der Waals surface area contributed by atoms with Gasteiger partial charge in [-0.25, -0.2) is 0 Å². The lowest BCUT2D eigenvalue weighted by atomic mass is 10.1. The Kier molecular flexibility index (Phi) is 7.01. The van der Waals surface area contributed by atoms with E-state index in [0.29, 0.717) is 0 Å². The molecule has 0 atom stereocenters. The second-order valence-corrected chi connectivity index (χ2v) is 5.03. The first-order valence-electron chi connectivity index (χ1n) is 7.17. The Morgan fingerprint density at radius 1 is 1.05 bits per heavy atom. The largest absolute Gasteiger partial charge is 0.356 e. The van der Waals surface area contributed by atoms with E-state index in [1.54, 1.807) is 0 Å². The number of guanidine groups is 1. The van der Waals surface area contributed by atoms with Crippen molar-refractivity contribution in [2.45, 2.75) is 40.0 Å². The first kappa shape index (κ1) is 15.5. The molecule has 19 heavy (non-hydrogen) atoms. The molecule has 1 aromatic carbocycles. The molecule has 0 saturated carbocycles. The van der Waals surface area contributed by atoms with Crippen LogP contribution in [0.4, 0.5) is 0 Å². The van der Waals surface area contributed by atoms with Gasteiger partial charge in [0.05, 0.1) is 0 Å². The molecule has 0 heterocycles. The van der Waals surface area contributed by atoms with E-state index in [9.17, 15) is 0 Å². The first-order chi connectivity index (χ1) is 9.15. The number of benzene rings is 1. The topological polar surface area (TPSA) is 36.4 Å². The lowest BCUT2D eigenvalue weighted by molar-refractivity contribution is 0.726. The summed E-state index contributed by atoms with van der Waals surface area (Å²) in [5.74, 6) is 0.901. The highest BCUT2D eigenvalue weighted by atomic mass is 15.2.